The monoisotopic (exact) mass is 572 g/mol. The summed E-state index contributed by atoms with van der Waals surface area (Å²) in [5, 5.41) is 7.19. The Bertz CT molecular complexity index is 1080. The molecule has 8 nitrogen and oxygen atoms in total. The first kappa shape index (κ1) is 31.6. The van der Waals surface area contributed by atoms with Gasteiger partial charge >= 0.3 is 12.3 Å². The third-order valence-corrected chi connectivity index (χ3v) is 6.97. The molecule has 3 N–H and O–H groups in total. The number of carbonyl (C=O) groups is 3. The number of ether oxygens (including phenoxy) is 1. The molecule has 0 unspecified atom stereocenters. The molecule has 3 amide bonds. The van der Waals surface area contributed by atoms with E-state index >= 15 is 4.39 Å². The molecule has 2 fully saturated rings. The van der Waals surface area contributed by atoms with Gasteiger partial charge in [0.15, 0.2) is 0 Å². The second-order valence-electron chi connectivity index (χ2n) is 12.2. The second kappa shape index (κ2) is 12.3. The van der Waals surface area contributed by atoms with Gasteiger partial charge in [0, 0.05) is 6.54 Å². The van der Waals surface area contributed by atoms with E-state index < -0.39 is 54.0 Å². The molecular weight excluding hydrogens is 532 g/mol. The van der Waals surface area contributed by atoms with Crippen LogP contribution < -0.4 is 16.0 Å². The quantitative estimate of drug-likeness (QED) is 0.327. The van der Waals surface area contributed by atoms with Crippen molar-refractivity contribution in [3.63, 3.8) is 0 Å². The first-order chi connectivity index (χ1) is 18.4. The third kappa shape index (κ3) is 9.35. The van der Waals surface area contributed by atoms with Crippen LogP contribution in [-0.4, -0.2) is 61.3 Å². The minimum Gasteiger partial charge on any atom is -0.444 e. The summed E-state index contributed by atoms with van der Waals surface area (Å²) in [6, 6.07) is 1.53. The summed E-state index contributed by atoms with van der Waals surface area (Å²) in [7, 11) is 3.49. The van der Waals surface area contributed by atoms with Crippen LogP contribution in [0.25, 0.3) is 0 Å². The summed E-state index contributed by atoms with van der Waals surface area (Å²) in [5.41, 5.74) is -0.240. The molecule has 3 rings (SSSR count). The Balaban J connectivity index is 1.87. The summed E-state index contributed by atoms with van der Waals surface area (Å²) in [4.78, 5) is 40.4. The highest BCUT2D eigenvalue weighted by atomic mass is 19.4. The van der Waals surface area contributed by atoms with Crippen LogP contribution in [0.2, 0.25) is 0 Å². The molecule has 0 radical (unpaired) electrons. The van der Waals surface area contributed by atoms with Gasteiger partial charge in [0.25, 0.3) is 0 Å². The number of hydrogen-bond donors (Lipinski definition) is 3. The van der Waals surface area contributed by atoms with Crippen molar-refractivity contribution in [1.82, 2.24) is 15.5 Å². The minimum atomic E-state index is -4.58. The fourth-order valence-corrected chi connectivity index (χ4v) is 4.96. The number of amides is 3. The zero-order valence-electron chi connectivity index (χ0n) is 23.9. The van der Waals surface area contributed by atoms with Crippen LogP contribution >= 0.6 is 0 Å². The maximum Gasteiger partial charge on any atom is 0.408 e. The Kier molecular flexibility index (Phi) is 9.74. The number of rotatable bonds is 11. The van der Waals surface area contributed by atoms with E-state index in [1.807, 2.05) is 5.32 Å². The molecule has 0 aliphatic heterocycles. The predicted molar refractivity (Wildman–Crippen MR) is 142 cm³/mol. The van der Waals surface area contributed by atoms with Crippen LogP contribution in [0.5, 0.6) is 0 Å². The number of hydrogen-bond acceptors (Lipinski definition) is 5. The zero-order valence-corrected chi connectivity index (χ0v) is 23.9. The largest absolute Gasteiger partial charge is 0.444 e. The van der Waals surface area contributed by atoms with Crippen molar-refractivity contribution in [2.45, 2.75) is 83.7 Å². The van der Waals surface area contributed by atoms with Crippen LogP contribution in [0.3, 0.4) is 0 Å². The summed E-state index contributed by atoms with van der Waals surface area (Å²) in [5.74, 6) is -2.93. The molecule has 2 aliphatic carbocycles. The number of alkyl carbamates (subject to hydrolysis) is 1. The molecule has 0 aromatic heterocycles. The Labute approximate surface area is 232 Å². The van der Waals surface area contributed by atoms with Crippen LogP contribution in [-0.2, 0) is 20.9 Å². The molecule has 0 saturated heterocycles. The Morgan fingerprint density at radius 1 is 1.02 bits per heavy atom. The molecular formula is C28H40F4N4O4. The molecule has 12 heteroatoms. The molecule has 224 valence electrons. The highest BCUT2D eigenvalue weighted by Gasteiger charge is 2.48. The average Bonchev–Trinajstić information content (AvgIpc) is 3.71. The van der Waals surface area contributed by atoms with Crippen molar-refractivity contribution < 1.29 is 36.7 Å². The van der Waals surface area contributed by atoms with E-state index in [1.54, 1.807) is 39.8 Å². The summed E-state index contributed by atoms with van der Waals surface area (Å²) < 4.78 is 58.6. The van der Waals surface area contributed by atoms with Gasteiger partial charge in [-0.25, -0.2) is 9.18 Å². The lowest BCUT2D eigenvalue weighted by atomic mass is 9.88. The Morgan fingerprint density at radius 3 is 2.08 bits per heavy atom. The molecule has 0 bridgehead atoms. The minimum absolute atomic E-state index is 0.103. The van der Waals surface area contributed by atoms with Gasteiger partial charge in [-0.15, -0.1) is 0 Å². The lowest BCUT2D eigenvalue weighted by Gasteiger charge is -2.29. The van der Waals surface area contributed by atoms with E-state index in [2.05, 4.69) is 10.6 Å². The highest BCUT2D eigenvalue weighted by Crippen LogP contribution is 2.51. The van der Waals surface area contributed by atoms with Gasteiger partial charge in [0.2, 0.25) is 11.8 Å². The fraction of sp³-hybridized carbons (Fsp3) is 0.679. The highest BCUT2D eigenvalue weighted by molar-refractivity contribution is 5.97. The first-order valence-electron chi connectivity index (χ1n) is 13.6. The van der Waals surface area contributed by atoms with Gasteiger partial charge in [-0.3, -0.25) is 9.59 Å². The molecule has 0 spiro atoms. The maximum atomic E-state index is 15.4. The van der Waals surface area contributed by atoms with Crippen molar-refractivity contribution in [1.29, 1.82) is 0 Å². The van der Waals surface area contributed by atoms with E-state index in [-0.39, 0.29) is 35.5 Å². The zero-order chi connectivity index (χ0) is 30.0. The fourth-order valence-electron chi connectivity index (χ4n) is 4.96. The maximum absolute atomic E-state index is 15.4. The van der Waals surface area contributed by atoms with Gasteiger partial charge < -0.3 is 25.6 Å². The molecule has 0 heterocycles. The van der Waals surface area contributed by atoms with E-state index in [9.17, 15) is 27.6 Å². The molecule has 1 aromatic carbocycles. The van der Waals surface area contributed by atoms with Gasteiger partial charge in [0.1, 0.15) is 24.0 Å². The number of nitrogens with zero attached hydrogens (tertiary/aromatic N) is 1. The summed E-state index contributed by atoms with van der Waals surface area (Å²) in [6.07, 6.45) is -1.52. The lowest BCUT2D eigenvalue weighted by molar-refractivity contribution is -0.139. The topological polar surface area (TPSA) is 99.8 Å². The van der Waals surface area contributed by atoms with Gasteiger partial charge in [-0.2, -0.15) is 13.2 Å². The van der Waals surface area contributed by atoms with E-state index in [0.717, 1.165) is 31.7 Å². The number of nitrogens with one attached hydrogen (secondary N) is 3. The van der Waals surface area contributed by atoms with Crippen LogP contribution in [0, 0.1) is 23.6 Å². The van der Waals surface area contributed by atoms with Crippen molar-refractivity contribution in [2.75, 3.05) is 26.0 Å². The SMILES string of the molecule is C[C@H](C(=O)NCC(F)(F)F)c1cc(F)c(NC(=O)[C@@H](NC(=O)OC(C)(C)C)C(C2CC2)C2CC2)cc1CN(C)C. The Hall–Kier alpha value is -2.89. The van der Waals surface area contributed by atoms with Crippen molar-refractivity contribution in [3.05, 3.63) is 29.1 Å². The smallest absolute Gasteiger partial charge is 0.408 e. The molecule has 2 saturated carbocycles. The van der Waals surface area contributed by atoms with Gasteiger partial charge in [-0.05, 0) is 108 Å². The van der Waals surface area contributed by atoms with Gasteiger partial charge in [-0.1, -0.05) is 0 Å². The van der Waals surface area contributed by atoms with E-state index in [1.165, 1.54) is 13.0 Å². The van der Waals surface area contributed by atoms with Crippen molar-refractivity contribution in [3.8, 4) is 0 Å². The summed E-state index contributed by atoms with van der Waals surface area (Å²) in [6.45, 7) is 5.29. The van der Waals surface area contributed by atoms with Crippen molar-refractivity contribution in [2.24, 2.45) is 17.8 Å². The van der Waals surface area contributed by atoms with Gasteiger partial charge in [0.05, 0.1) is 11.6 Å². The number of benzene rings is 1. The number of halogens is 4. The molecule has 1 aromatic rings. The normalized spacial score (nSPS) is 17.4. The van der Waals surface area contributed by atoms with Crippen LogP contribution in [0.15, 0.2) is 12.1 Å². The average molecular weight is 573 g/mol. The molecule has 40 heavy (non-hydrogen) atoms. The third-order valence-electron chi connectivity index (χ3n) is 6.97. The van der Waals surface area contributed by atoms with Crippen LogP contribution in [0.1, 0.15) is 70.4 Å². The first-order valence-corrected chi connectivity index (χ1v) is 13.6. The van der Waals surface area contributed by atoms with Crippen LogP contribution in [0.4, 0.5) is 28.0 Å². The molecule has 2 aliphatic rings. The lowest BCUT2D eigenvalue weighted by Crippen LogP contribution is -2.51. The number of anilines is 1. The van der Waals surface area contributed by atoms with E-state index in [0.29, 0.717) is 5.56 Å². The Morgan fingerprint density at radius 2 is 1.60 bits per heavy atom. The summed E-state index contributed by atoms with van der Waals surface area (Å²) >= 11 is 0. The predicted octanol–water partition coefficient (Wildman–Crippen LogP) is 4.94. The van der Waals surface area contributed by atoms with Crippen molar-refractivity contribution >= 4 is 23.6 Å². The standard InChI is InChI=1S/C28H40F4N4O4/c1-15(24(37)33-14-28(30,31)32)19-12-20(29)21(11-18(19)13-36(5)6)34-25(38)23(35-26(39)40-27(2,3)4)22(16-7-8-16)17-9-10-17/h11-12,15-17,22-23H,7-10,13-14H2,1-6H3,(H,33,37)(H,34,38)(H,35,39)/t15-,23-/m0/s1. The number of carbonyl (C=O) groups excluding carboxylic acids is 3. The second-order valence-corrected chi connectivity index (χ2v) is 12.2. The molecule has 2 atom stereocenters. The number of alkyl halides is 3. The van der Waals surface area contributed by atoms with E-state index in [4.69, 9.17) is 4.74 Å².